The van der Waals surface area contributed by atoms with Crippen molar-refractivity contribution in [3.63, 3.8) is 0 Å². The number of carbonyl (C=O) groups is 5. The number of nitrogens with two attached hydrogens (primary N) is 2. The predicted molar refractivity (Wildman–Crippen MR) is 106 cm³/mol. The van der Waals surface area contributed by atoms with E-state index < -0.39 is 66.9 Å². The number of nitrogens with zero attached hydrogens (tertiary/aromatic N) is 1. The molecule has 4 unspecified atom stereocenters. The molecule has 4 atom stereocenters. The Morgan fingerprint density at radius 1 is 1.06 bits per heavy atom. The third kappa shape index (κ3) is 8.11. The summed E-state index contributed by atoms with van der Waals surface area (Å²) in [4.78, 5) is 60.8. The molecule has 1 saturated heterocycles. The largest absolute Gasteiger partial charge is 0.481 e. The fourth-order valence-electron chi connectivity index (χ4n) is 3.28. The Bertz CT molecular complexity index is 673. The van der Waals surface area contributed by atoms with Gasteiger partial charge in [-0.3, -0.25) is 19.2 Å². The van der Waals surface area contributed by atoms with Crippen LogP contribution in [-0.2, 0) is 24.0 Å². The second-order valence-electron chi connectivity index (χ2n) is 7.32. The molecule has 13 nitrogen and oxygen atoms in total. The highest BCUT2D eigenvalue weighted by molar-refractivity contribution is 5.95. The summed E-state index contributed by atoms with van der Waals surface area (Å²) in [5.41, 5.74) is 11.1. The average Bonchev–Trinajstić information content (AvgIpc) is 3.19. The van der Waals surface area contributed by atoms with Crippen molar-refractivity contribution in [2.75, 3.05) is 19.7 Å². The fourth-order valence-corrected chi connectivity index (χ4v) is 3.28. The molecule has 0 aromatic heterocycles. The van der Waals surface area contributed by atoms with Crippen LogP contribution in [0.5, 0.6) is 0 Å². The zero-order chi connectivity index (χ0) is 23.6. The Kier molecular flexibility index (Phi) is 10.9. The van der Waals surface area contributed by atoms with Gasteiger partial charge in [0.2, 0.25) is 17.7 Å². The number of carboxylic acids is 2. The highest BCUT2D eigenvalue weighted by atomic mass is 16.4. The summed E-state index contributed by atoms with van der Waals surface area (Å²) < 4.78 is 0. The second-order valence-corrected chi connectivity index (χ2v) is 7.32. The molecule has 13 heteroatoms. The van der Waals surface area contributed by atoms with E-state index in [1.165, 1.54) is 4.90 Å². The van der Waals surface area contributed by atoms with Gasteiger partial charge in [0.25, 0.3) is 0 Å². The molecule has 0 aliphatic carbocycles. The number of aliphatic hydroxyl groups excluding tert-OH is 1. The zero-order valence-corrected chi connectivity index (χ0v) is 17.2. The van der Waals surface area contributed by atoms with Crippen molar-refractivity contribution in [1.29, 1.82) is 0 Å². The summed E-state index contributed by atoms with van der Waals surface area (Å²) in [6.07, 6.45) is 1.45. The van der Waals surface area contributed by atoms with Crippen LogP contribution in [0.1, 0.15) is 38.5 Å². The highest BCUT2D eigenvalue weighted by Gasteiger charge is 2.38. The first-order valence-corrected chi connectivity index (χ1v) is 10.0. The number of rotatable bonds is 13. The molecular formula is C18H31N5O8. The molecule has 31 heavy (non-hydrogen) atoms. The number of likely N-dealkylation sites (tertiary alicyclic amines) is 1. The maximum atomic E-state index is 12.8. The molecule has 0 radical (unpaired) electrons. The van der Waals surface area contributed by atoms with Crippen LogP contribution in [0.2, 0.25) is 0 Å². The maximum Gasteiger partial charge on any atom is 0.328 e. The fraction of sp³-hybridized carbons (Fsp3) is 0.722. The van der Waals surface area contributed by atoms with Crippen LogP contribution in [0.25, 0.3) is 0 Å². The monoisotopic (exact) mass is 445 g/mol. The number of carbonyl (C=O) groups excluding carboxylic acids is 3. The minimum Gasteiger partial charge on any atom is -0.481 e. The number of hydrogen-bond donors (Lipinski definition) is 7. The lowest BCUT2D eigenvalue weighted by molar-refractivity contribution is -0.144. The molecule has 1 fully saturated rings. The van der Waals surface area contributed by atoms with Crippen molar-refractivity contribution in [3.8, 4) is 0 Å². The van der Waals surface area contributed by atoms with Gasteiger partial charge in [0.05, 0.1) is 19.1 Å². The van der Waals surface area contributed by atoms with Crippen LogP contribution in [0.4, 0.5) is 0 Å². The smallest absolute Gasteiger partial charge is 0.328 e. The number of unbranched alkanes of at least 4 members (excludes halogenated alkanes) is 1. The summed E-state index contributed by atoms with van der Waals surface area (Å²) in [7, 11) is 0. The number of aliphatic carboxylic acids is 2. The summed E-state index contributed by atoms with van der Waals surface area (Å²) >= 11 is 0. The van der Waals surface area contributed by atoms with Gasteiger partial charge in [-0.1, -0.05) is 0 Å². The van der Waals surface area contributed by atoms with E-state index in [1.54, 1.807) is 0 Å². The summed E-state index contributed by atoms with van der Waals surface area (Å²) in [5, 5.41) is 31.6. The van der Waals surface area contributed by atoms with Crippen molar-refractivity contribution < 1.29 is 39.3 Å². The van der Waals surface area contributed by atoms with Crippen LogP contribution in [0, 0.1) is 0 Å². The van der Waals surface area contributed by atoms with E-state index in [9.17, 15) is 24.0 Å². The molecule has 0 saturated carbocycles. The topological polar surface area (TPSA) is 225 Å². The van der Waals surface area contributed by atoms with Gasteiger partial charge in [-0.25, -0.2) is 4.79 Å². The summed E-state index contributed by atoms with van der Waals surface area (Å²) in [5.74, 6) is -4.75. The SMILES string of the molecule is NCCCCC(NC(=O)C1CCCN1C(=O)C(N)CC(=O)O)C(=O)NC(CO)C(=O)O. The van der Waals surface area contributed by atoms with E-state index in [1.807, 2.05) is 0 Å². The number of amides is 3. The van der Waals surface area contributed by atoms with Crippen molar-refractivity contribution in [2.45, 2.75) is 62.7 Å². The lowest BCUT2D eigenvalue weighted by Crippen LogP contribution is -2.57. The Morgan fingerprint density at radius 3 is 2.29 bits per heavy atom. The van der Waals surface area contributed by atoms with Crippen molar-refractivity contribution in [2.24, 2.45) is 11.5 Å². The molecule has 1 aliphatic rings. The van der Waals surface area contributed by atoms with Gasteiger partial charge in [0.1, 0.15) is 18.1 Å². The zero-order valence-electron chi connectivity index (χ0n) is 17.2. The van der Waals surface area contributed by atoms with Gasteiger partial charge in [-0.15, -0.1) is 0 Å². The standard InChI is InChI=1S/C18H31N5O8/c19-6-2-1-4-11(15(27)22-12(9-24)18(30)31)21-16(28)13-5-3-7-23(13)17(29)10(20)8-14(25)26/h10-13,24H,1-9,19-20H2,(H,21,28)(H,22,27)(H,25,26)(H,30,31). The second kappa shape index (κ2) is 12.8. The van der Waals surface area contributed by atoms with E-state index in [-0.39, 0.29) is 13.0 Å². The molecule has 0 bridgehead atoms. The van der Waals surface area contributed by atoms with Crippen LogP contribution in [0.15, 0.2) is 0 Å². The van der Waals surface area contributed by atoms with Gasteiger partial charge >= 0.3 is 11.9 Å². The number of nitrogens with one attached hydrogen (secondary N) is 2. The first kappa shape index (κ1) is 26.3. The first-order chi connectivity index (χ1) is 14.6. The van der Waals surface area contributed by atoms with E-state index in [0.29, 0.717) is 32.2 Å². The molecule has 1 aliphatic heterocycles. The number of hydrogen-bond acceptors (Lipinski definition) is 8. The van der Waals surface area contributed by atoms with Crippen LogP contribution in [0.3, 0.4) is 0 Å². The van der Waals surface area contributed by atoms with Gasteiger partial charge in [0.15, 0.2) is 0 Å². The molecule has 1 rings (SSSR count). The minimum absolute atomic E-state index is 0.172. The minimum atomic E-state index is -1.53. The van der Waals surface area contributed by atoms with E-state index >= 15 is 0 Å². The molecule has 1 heterocycles. The molecule has 0 aromatic carbocycles. The third-order valence-electron chi connectivity index (χ3n) is 4.93. The first-order valence-electron chi connectivity index (χ1n) is 10.0. The predicted octanol–water partition coefficient (Wildman–Crippen LogP) is -3.05. The van der Waals surface area contributed by atoms with Crippen molar-refractivity contribution in [3.05, 3.63) is 0 Å². The lowest BCUT2D eigenvalue weighted by atomic mass is 10.1. The quantitative estimate of drug-likeness (QED) is 0.142. The molecule has 0 spiro atoms. The maximum absolute atomic E-state index is 12.8. The molecule has 176 valence electrons. The summed E-state index contributed by atoms with van der Waals surface area (Å²) in [6.45, 7) is -0.236. The normalized spacial score (nSPS) is 18.7. The summed E-state index contributed by atoms with van der Waals surface area (Å²) in [6, 6.07) is -4.85. The Hall–Kier alpha value is -2.77. The highest BCUT2D eigenvalue weighted by Crippen LogP contribution is 2.19. The van der Waals surface area contributed by atoms with Gasteiger partial charge in [0, 0.05) is 6.54 Å². The van der Waals surface area contributed by atoms with Crippen molar-refractivity contribution >= 4 is 29.7 Å². The van der Waals surface area contributed by atoms with Crippen LogP contribution >= 0.6 is 0 Å². The average molecular weight is 445 g/mol. The van der Waals surface area contributed by atoms with E-state index in [2.05, 4.69) is 10.6 Å². The Labute approximate surface area is 179 Å². The van der Waals surface area contributed by atoms with Crippen LogP contribution in [-0.4, -0.2) is 93.7 Å². The number of carboxylic acid groups (broad SMARTS) is 2. The Morgan fingerprint density at radius 2 is 1.74 bits per heavy atom. The molecule has 0 aromatic rings. The van der Waals surface area contributed by atoms with Gasteiger partial charge in [-0.05, 0) is 38.6 Å². The molecule has 3 amide bonds. The van der Waals surface area contributed by atoms with Crippen LogP contribution < -0.4 is 22.1 Å². The molecular weight excluding hydrogens is 414 g/mol. The van der Waals surface area contributed by atoms with Gasteiger partial charge < -0.3 is 42.3 Å². The lowest BCUT2D eigenvalue weighted by Gasteiger charge is -2.28. The number of aliphatic hydroxyl groups is 1. The molecule has 9 N–H and O–H groups in total. The van der Waals surface area contributed by atoms with Crippen molar-refractivity contribution in [1.82, 2.24) is 15.5 Å². The van der Waals surface area contributed by atoms with Gasteiger partial charge in [-0.2, -0.15) is 0 Å². The van der Waals surface area contributed by atoms with E-state index in [0.717, 1.165) is 0 Å². The third-order valence-corrected chi connectivity index (χ3v) is 4.93. The van der Waals surface area contributed by atoms with E-state index in [4.69, 9.17) is 26.8 Å². The Balaban J connectivity index is 2.87.